The highest BCUT2D eigenvalue weighted by Crippen LogP contribution is 2.23. The van der Waals surface area contributed by atoms with Gasteiger partial charge in [0, 0.05) is 25.2 Å². The number of carbonyl (C=O) groups is 1. The summed E-state index contributed by atoms with van der Waals surface area (Å²) in [7, 11) is 0. The predicted molar refractivity (Wildman–Crippen MR) is 64.0 cm³/mol. The Hall–Kier alpha value is -0.610. The van der Waals surface area contributed by atoms with Crippen LogP contribution in [0, 0.1) is 0 Å². The third-order valence-corrected chi connectivity index (χ3v) is 3.55. The minimum absolute atomic E-state index is 0.183. The molecule has 0 atom stereocenters. The van der Waals surface area contributed by atoms with Gasteiger partial charge in [-0.15, -0.1) is 0 Å². The molecule has 1 amide bonds. The summed E-state index contributed by atoms with van der Waals surface area (Å²) in [4.78, 5) is 14.0. The van der Waals surface area contributed by atoms with E-state index in [-0.39, 0.29) is 5.91 Å². The van der Waals surface area contributed by atoms with Gasteiger partial charge in [0.25, 0.3) is 0 Å². The van der Waals surface area contributed by atoms with Gasteiger partial charge in [-0.1, -0.05) is 12.8 Å². The molecule has 2 saturated carbocycles. The van der Waals surface area contributed by atoms with Crippen LogP contribution in [0.5, 0.6) is 0 Å². The number of hydrogen-bond donors (Lipinski definition) is 2. The first kappa shape index (κ1) is 11.9. The van der Waals surface area contributed by atoms with E-state index in [1.54, 1.807) is 0 Å². The average Bonchev–Trinajstić information content (AvgIpc) is 2.90. The molecule has 4 heteroatoms. The van der Waals surface area contributed by atoms with Crippen LogP contribution in [0.2, 0.25) is 0 Å². The summed E-state index contributed by atoms with van der Waals surface area (Å²) in [6.45, 7) is 2.04. The van der Waals surface area contributed by atoms with Crippen molar-refractivity contribution in [1.29, 1.82) is 0 Å². The molecular weight excluding hydrogens is 202 g/mol. The summed E-state index contributed by atoms with van der Waals surface area (Å²) in [5.74, 6) is 0.183. The average molecular weight is 225 g/mol. The molecule has 0 heterocycles. The lowest BCUT2D eigenvalue weighted by atomic mass is 10.2. The highest BCUT2D eigenvalue weighted by atomic mass is 16.2. The first-order valence-electron chi connectivity index (χ1n) is 6.53. The second-order valence-corrected chi connectivity index (χ2v) is 5.04. The zero-order valence-electron chi connectivity index (χ0n) is 9.95. The van der Waals surface area contributed by atoms with Gasteiger partial charge in [0.15, 0.2) is 0 Å². The summed E-state index contributed by atoms with van der Waals surface area (Å²) in [6, 6.07) is 1.06. The Morgan fingerprint density at radius 3 is 2.50 bits per heavy atom. The van der Waals surface area contributed by atoms with Crippen molar-refractivity contribution in [3.05, 3.63) is 0 Å². The zero-order valence-corrected chi connectivity index (χ0v) is 9.95. The van der Waals surface area contributed by atoms with E-state index >= 15 is 0 Å². The molecule has 0 saturated heterocycles. The van der Waals surface area contributed by atoms with Crippen molar-refractivity contribution >= 4 is 5.91 Å². The van der Waals surface area contributed by atoms with E-state index in [0.29, 0.717) is 25.2 Å². The van der Waals surface area contributed by atoms with E-state index in [1.807, 2.05) is 0 Å². The summed E-state index contributed by atoms with van der Waals surface area (Å²) in [6.07, 6.45) is 7.39. The maximum atomic E-state index is 11.7. The van der Waals surface area contributed by atoms with Crippen LogP contribution in [0.15, 0.2) is 0 Å². The van der Waals surface area contributed by atoms with Crippen molar-refractivity contribution in [3.8, 4) is 0 Å². The second-order valence-electron chi connectivity index (χ2n) is 5.04. The van der Waals surface area contributed by atoms with Gasteiger partial charge in [0.05, 0.1) is 6.54 Å². The molecule has 2 fully saturated rings. The number of hydrogen-bond acceptors (Lipinski definition) is 3. The molecule has 4 nitrogen and oxygen atoms in total. The fraction of sp³-hybridized carbons (Fsp3) is 0.917. The van der Waals surface area contributed by atoms with Gasteiger partial charge in [-0.3, -0.25) is 9.69 Å². The zero-order chi connectivity index (χ0) is 11.4. The van der Waals surface area contributed by atoms with E-state index in [2.05, 4.69) is 10.2 Å². The lowest BCUT2D eigenvalue weighted by Crippen LogP contribution is -2.44. The summed E-state index contributed by atoms with van der Waals surface area (Å²) < 4.78 is 0. The number of carbonyl (C=O) groups excluding carboxylic acids is 1. The molecule has 0 unspecified atom stereocenters. The minimum atomic E-state index is 0.183. The maximum Gasteiger partial charge on any atom is 0.234 e. The van der Waals surface area contributed by atoms with Crippen LogP contribution < -0.4 is 11.1 Å². The van der Waals surface area contributed by atoms with Crippen molar-refractivity contribution in [2.75, 3.05) is 19.6 Å². The Kier molecular flexibility index (Phi) is 4.18. The standard InChI is InChI=1S/C12H23N3O/c13-7-8-15(11-3-1-2-4-11)9-12(16)14-10-5-6-10/h10-11H,1-9,13H2,(H,14,16). The highest BCUT2D eigenvalue weighted by Gasteiger charge is 2.27. The van der Waals surface area contributed by atoms with E-state index in [0.717, 1.165) is 19.4 Å². The molecule has 0 aromatic rings. The van der Waals surface area contributed by atoms with Crippen molar-refractivity contribution < 1.29 is 4.79 Å². The van der Waals surface area contributed by atoms with Crippen LogP contribution in [0.1, 0.15) is 38.5 Å². The quantitative estimate of drug-likeness (QED) is 0.691. The van der Waals surface area contributed by atoms with Gasteiger partial charge >= 0.3 is 0 Å². The number of nitrogens with zero attached hydrogens (tertiary/aromatic N) is 1. The first-order chi connectivity index (χ1) is 7.79. The minimum Gasteiger partial charge on any atom is -0.352 e. The number of nitrogens with one attached hydrogen (secondary N) is 1. The molecule has 0 bridgehead atoms. The van der Waals surface area contributed by atoms with Gasteiger partial charge in [0.1, 0.15) is 0 Å². The van der Waals surface area contributed by atoms with Crippen molar-refractivity contribution in [3.63, 3.8) is 0 Å². The fourth-order valence-electron chi connectivity index (χ4n) is 2.51. The SMILES string of the molecule is NCCN(CC(=O)NC1CC1)C1CCCC1. The Morgan fingerprint density at radius 2 is 1.94 bits per heavy atom. The molecule has 0 aromatic carbocycles. The van der Waals surface area contributed by atoms with Crippen LogP contribution >= 0.6 is 0 Å². The summed E-state index contributed by atoms with van der Waals surface area (Å²) in [5, 5.41) is 3.04. The lowest BCUT2D eigenvalue weighted by molar-refractivity contribution is -0.122. The molecule has 0 aliphatic heterocycles. The normalized spacial score (nSPS) is 21.6. The highest BCUT2D eigenvalue weighted by molar-refractivity contribution is 5.78. The van der Waals surface area contributed by atoms with Gasteiger partial charge in [-0.25, -0.2) is 0 Å². The number of nitrogens with two attached hydrogens (primary N) is 1. The van der Waals surface area contributed by atoms with Gasteiger partial charge in [-0.2, -0.15) is 0 Å². The van der Waals surface area contributed by atoms with Crippen molar-refractivity contribution in [2.45, 2.75) is 50.6 Å². The molecule has 2 aliphatic carbocycles. The van der Waals surface area contributed by atoms with Crippen LogP contribution in [0.4, 0.5) is 0 Å². The second kappa shape index (κ2) is 5.64. The smallest absolute Gasteiger partial charge is 0.234 e. The van der Waals surface area contributed by atoms with Crippen molar-refractivity contribution in [1.82, 2.24) is 10.2 Å². The van der Waals surface area contributed by atoms with Crippen LogP contribution in [-0.4, -0.2) is 42.5 Å². The predicted octanol–water partition coefficient (Wildman–Crippen LogP) is 0.468. The van der Waals surface area contributed by atoms with Gasteiger partial charge in [0.2, 0.25) is 5.91 Å². The van der Waals surface area contributed by atoms with Gasteiger partial charge < -0.3 is 11.1 Å². The molecule has 92 valence electrons. The summed E-state index contributed by atoms with van der Waals surface area (Å²) in [5.41, 5.74) is 5.61. The van der Waals surface area contributed by atoms with E-state index in [9.17, 15) is 4.79 Å². The van der Waals surface area contributed by atoms with E-state index < -0.39 is 0 Å². The fourth-order valence-corrected chi connectivity index (χ4v) is 2.51. The Balaban J connectivity index is 1.77. The molecule has 0 radical (unpaired) electrons. The Labute approximate surface area is 97.6 Å². The molecule has 0 aromatic heterocycles. The largest absolute Gasteiger partial charge is 0.352 e. The van der Waals surface area contributed by atoms with Crippen LogP contribution in [-0.2, 0) is 4.79 Å². The lowest BCUT2D eigenvalue weighted by Gasteiger charge is -2.27. The van der Waals surface area contributed by atoms with Crippen molar-refractivity contribution in [2.24, 2.45) is 5.73 Å². The number of amides is 1. The molecule has 3 N–H and O–H groups in total. The molecule has 2 rings (SSSR count). The monoisotopic (exact) mass is 225 g/mol. The van der Waals surface area contributed by atoms with E-state index in [4.69, 9.17) is 5.73 Å². The third kappa shape index (κ3) is 3.46. The van der Waals surface area contributed by atoms with Gasteiger partial charge in [-0.05, 0) is 25.7 Å². The molecular formula is C12H23N3O. The van der Waals surface area contributed by atoms with Crippen LogP contribution in [0.3, 0.4) is 0 Å². The Morgan fingerprint density at radius 1 is 1.25 bits per heavy atom. The Bertz CT molecular complexity index is 234. The third-order valence-electron chi connectivity index (χ3n) is 3.55. The van der Waals surface area contributed by atoms with E-state index in [1.165, 1.54) is 25.7 Å². The number of rotatable bonds is 6. The topological polar surface area (TPSA) is 58.4 Å². The molecule has 0 spiro atoms. The molecule has 2 aliphatic rings. The first-order valence-corrected chi connectivity index (χ1v) is 6.53. The van der Waals surface area contributed by atoms with Crippen LogP contribution in [0.25, 0.3) is 0 Å². The maximum absolute atomic E-state index is 11.7. The molecule has 16 heavy (non-hydrogen) atoms. The summed E-state index contributed by atoms with van der Waals surface area (Å²) >= 11 is 0.